The molecule has 0 fully saturated rings. The topological polar surface area (TPSA) is 57.5 Å². The lowest BCUT2D eigenvalue weighted by molar-refractivity contribution is -0.137. The predicted octanol–water partition coefficient (Wildman–Crippen LogP) is 3.66. The molecule has 0 amide bonds. The van der Waals surface area contributed by atoms with Crippen LogP contribution in [0.4, 0.5) is 0 Å². The zero-order chi connectivity index (χ0) is 14.5. The molecule has 0 aromatic heterocycles. The first-order valence-electron chi connectivity index (χ1n) is 6.81. The number of carbonyl (C=O) groups is 1. The highest BCUT2D eigenvalue weighted by Crippen LogP contribution is 2.25. The van der Waals surface area contributed by atoms with Gasteiger partial charge in [-0.05, 0) is 35.8 Å². The van der Waals surface area contributed by atoms with E-state index in [1.54, 1.807) is 0 Å². The van der Waals surface area contributed by atoms with Crippen molar-refractivity contribution in [1.82, 2.24) is 0 Å². The maximum absolute atomic E-state index is 10.4. The minimum atomic E-state index is -0.774. The van der Waals surface area contributed by atoms with Crippen LogP contribution < -0.4 is 0 Å². The molecule has 1 aromatic carbocycles. The molecule has 3 nitrogen and oxygen atoms in total. The standard InChI is InChI=1S/C16H24O3/c1-16(2,3)13-10-8-12(9-11-13)14(17)6-4-5-7-15(18)19/h8-11,14,17H,4-7H2,1-3H3,(H,18,19). The molecule has 1 atom stereocenters. The van der Waals surface area contributed by atoms with Crippen LogP contribution in [-0.2, 0) is 10.2 Å². The Hall–Kier alpha value is -1.35. The summed E-state index contributed by atoms with van der Waals surface area (Å²) < 4.78 is 0. The van der Waals surface area contributed by atoms with Crippen LogP contribution in [0.5, 0.6) is 0 Å². The van der Waals surface area contributed by atoms with Gasteiger partial charge in [-0.25, -0.2) is 0 Å². The van der Waals surface area contributed by atoms with E-state index < -0.39 is 12.1 Å². The van der Waals surface area contributed by atoms with Gasteiger partial charge in [0.2, 0.25) is 0 Å². The Morgan fingerprint density at radius 2 is 1.74 bits per heavy atom. The largest absolute Gasteiger partial charge is 0.481 e. The smallest absolute Gasteiger partial charge is 0.303 e. The Balaban J connectivity index is 2.49. The molecule has 1 rings (SSSR count). The van der Waals surface area contributed by atoms with Gasteiger partial charge in [0, 0.05) is 6.42 Å². The molecule has 0 spiro atoms. The lowest BCUT2D eigenvalue weighted by Crippen LogP contribution is -2.11. The van der Waals surface area contributed by atoms with E-state index in [9.17, 15) is 9.90 Å². The molecule has 1 unspecified atom stereocenters. The first-order valence-corrected chi connectivity index (χ1v) is 6.81. The fourth-order valence-corrected chi connectivity index (χ4v) is 1.99. The third-order valence-corrected chi connectivity index (χ3v) is 3.28. The van der Waals surface area contributed by atoms with Crippen LogP contribution in [0.1, 0.15) is 63.7 Å². The minimum Gasteiger partial charge on any atom is -0.481 e. The number of aliphatic hydroxyl groups is 1. The molecular formula is C16H24O3. The highest BCUT2D eigenvalue weighted by atomic mass is 16.4. The Morgan fingerprint density at radius 3 is 2.21 bits per heavy atom. The number of aliphatic hydroxyl groups excluding tert-OH is 1. The second kappa shape index (κ2) is 6.71. The van der Waals surface area contributed by atoms with Gasteiger partial charge in [0.1, 0.15) is 0 Å². The van der Waals surface area contributed by atoms with Crippen molar-refractivity contribution in [1.29, 1.82) is 0 Å². The van der Waals surface area contributed by atoms with Gasteiger partial charge in [0.05, 0.1) is 6.10 Å². The maximum atomic E-state index is 10.4. The Morgan fingerprint density at radius 1 is 1.16 bits per heavy atom. The fourth-order valence-electron chi connectivity index (χ4n) is 1.99. The second-order valence-electron chi connectivity index (χ2n) is 6.03. The summed E-state index contributed by atoms with van der Waals surface area (Å²) >= 11 is 0. The van der Waals surface area contributed by atoms with Gasteiger partial charge >= 0.3 is 5.97 Å². The number of hydrogen-bond donors (Lipinski definition) is 2. The van der Waals surface area contributed by atoms with Crippen molar-refractivity contribution in [2.45, 2.75) is 58.0 Å². The Labute approximate surface area is 115 Å². The van der Waals surface area contributed by atoms with Crippen molar-refractivity contribution in [3.05, 3.63) is 35.4 Å². The van der Waals surface area contributed by atoms with E-state index in [0.717, 1.165) is 12.0 Å². The molecular weight excluding hydrogens is 240 g/mol. The number of carboxylic acid groups (broad SMARTS) is 1. The van der Waals surface area contributed by atoms with E-state index in [1.807, 2.05) is 12.1 Å². The van der Waals surface area contributed by atoms with Gasteiger partial charge in [-0.15, -0.1) is 0 Å². The molecule has 0 radical (unpaired) electrons. The Bertz CT molecular complexity index is 401. The normalized spacial score (nSPS) is 13.3. The van der Waals surface area contributed by atoms with Crippen LogP contribution in [-0.4, -0.2) is 16.2 Å². The van der Waals surface area contributed by atoms with Crippen molar-refractivity contribution < 1.29 is 15.0 Å². The molecule has 0 heterocycles. The zero-order valence-corrected chi connectivity index (χ0v) is 12.0. The van der Waals surface area contributed by atoms with Crippen LogP contribution in [0.15, 0.2) is 24.3 Å². The molecule has 3 heteroatoms. The van der Waals surface area contributed by atoms with Crippen molar-refractivity contribution in [2.24, 2.45) is 0 Å². The van der Waals surface area contributed by atoms with Gasteiger partial charge in [-0.1, -0.05) is 45.0 Å². The first kappa shape index (κ1) is 15.7. The first-order chi connectivity index (χ1) is 8.80. The van der Waals surface area contributed by atoms with Gasteiger partial charge in [0.25, 0.3) is 0 Å². The van der Waals surface area contributed by atoms with Crippen molar-refractivity contribution in [2.75, 3.05) is 0 Å². The predicted molar refractivity (Wildman–Crippen MR) is 76.2 cm³/mol. The van der Waals surface area contributed by atoms with Crippen molar-refractivity contribution in [3.8, 4) is 0 Å². The summed E-state index contributed by atoms with van der Waals surface area (Å²) in [5.41, 5.74) is 2.27. The summed E-state index contributed by atoms with van der Waals surface area (Å²) in [4.78, 5) is 10.4. The summed E-state index contributed by atoms with van der Waals surface area (Å²) in [7, 11) is 0. The zero-order valence-electron chi connectivity index (χ0n) is 12.0. The number of aliphatic carboxylic acids is 1. The molecule has 0 saturated carbocycles. The average molecular weight is 264 g/mol. The SMILES string of the molecule is CC(C)(C)c1ccc(C(O)CCCCC(=O)O)cc1. The quantitative estimate of drug-likeness (QED) is 0.771. The summed E-state index contributed by atoms with van der Waals surface area (Å²) in [6, 6.07) is 8.02. The highest BCUT2D eigenvalue weighted by molar-refractivity contribution is 5.66. The fraction of sp³-hybridized carbons (Fsp3) is 0.562. The molecule has 2 N–H and O–H groups in total. The summed E-state index contributed by atoms with van der Waals surface area (Å²) in [5.74, 6) is -0.774. The number of carboxylic acids is 1. The van der Waals surface area contributed by atoms with Crippen LogP contribution in [0.2, 0.25) is 0 Å². The lowest BCUT2D eigenvalue weighted by Gasteiger charge is -2.20. The molecule has 106 valence electrons. The van der Waals surface area contributed by atoms with E-state index >= 15 is 0 Å². The van der Waals surface area contributed by atoms with Gasteiger partial charge in [-0.2, -0.15) is 0 Å². The number of rotatable bonds is 6. The summed E-state index contributed by atoms with van der Waals surface area (Å²) in [6.45, 7) is 6.47. The molecule has 0 aliphatic carbocycles. The van der Waals surface area contributed by atoms with Crippen LogP contribution in [0, 0.1) is 0 Å². The number of unbranched alkanes of at least 4 members (excludes halogenated alkanes) is 1. The van der Waals surface area contributed by atoms with E-state index in [-0.39, 0.29) is 11.8 Å². The van der Waals surface area contributed by atoms with Crippen molar-refractivity contribution >= 4 is 5.97 Å². The minimum absolute atomic E-state index is 0.116. The molecule has 19 heavy (non-hydrogen) atoms. The highest BCUT2D eigenvalue weighted by Gasteiger charge is 2.14. The summed E-state index contributed by atoms with van der Waals surface area (Å²) in [5, 5.41) is 18.6. The monoisotopic (exact) mass is 264 g/mol. The third-order valence-electron chi connectivity index (χ3n) is 3.28. The third kappa shape index (κ3) is 5.43. The molecule has 0 saturated heterocycles. The van der Waals surface area contributed by atoms with Gasteiger partial charge in [0.15, 0.2) is 0 Å². The average Bonchev–Trinajstić information content (AvgIpc) is 2.33. The number of benzene rings is 1. The summed E-state index contributed by atoms with van der Waals surface area (Å²) in [6.07, 6.45) is 1.64. The van der Waals surface area contributed by atoms with Crippen LogP contribution in [0.3, 0.4) is 0 Å². The molecule has 0 aliphatic rings. The van der Waals surface area contributed by atoms with Gasteiger partial charge < -0.3 is 10.2 Å². The van der Waals surface area contributed by atoms with E-state index in [0.29, 0.717) is 12.8 Å². The van der Waals surface area contributed by atoms with Crippen molar-refractivity contribution in [3.63, 3.8) is 0 Å². The second-order valence-corrected chi connectivity index (χ2v) is 6.03. The van der Waals surface area contributed by atoms with Crippen LogP contribution in [0.25, 0.3) is 0 Å². The maximum Gasteiger partial charge on any atom is 0.303 e. The number of hydrogen-bond acceptors (Lipinski definition) is 2. The molecule has 1 aromatic rings. The van der Waals surface area contributed by atoms with Crippen LogP contribution >= 0.6 is 0 Å². The molecule has 0 aliphatic heterocycles. The van der Waals surface area contributed by atoms with E-state index in [1.165, 1.54) is 5.56 Å². The van der Waals surface area contributed by atoms with E-state index in [4.69, 9.17) is 5.11 Å². The molecule has 0 bridgehead atoms. The van der Waals surface area contributed by atoms with E-state index in [2.05, 4.69) is 32.9 Å². The lowest BCUT2D eigenvalue weighted by atomic mass is 9.86. The van der Waals surface area contributed by atoms with Gasteiger partial charge in [-0.3, -0.25) is 4.79 Å². The Kier molecular flexibility index (Phi) is 5.55.